The van der Waals surface area contributed by atoms with Gasteiger partial charge in [0.05, 0.1) is 19.8 Å². The van der Waals surface area contributed by atoms with Gasteiger partial charge < -0.3 is 14.0 Å². The Morgan fingerprint density at radius 3 is 2.77 bits per heavy atom. The van der Waals surface area contributed by atoms with Crippen molar-refractivity contribution in [3.63, 3.8) is 0 Å². The molecule has 7 heteroatoms. The Morgan fingerprint density at radius 2 is 2.09 bits per heavy atom. The van der Waals surface area contributed by atoms with E-state index in [1.807, 2.05) is 31.3 Å². The zero-order valence-electron chi connectivity index (χ0n) is 12.6. The molecule has 2 heterocycles. The summed E-state index contributed by atoms with van der Waals surface area (Å²) in [5.41, 5.74) is 0.742. The van der Waals surface area contributed by atoms with Gasteiger partial charge in [0.15, 0.2) is 0 Å². The minimum atomic E-state index is -0.138. The van der Waals surface area contributed by atoms with E-state index < -0.39 is 0 Å². The number of aromatic nitrogens is 4. The van der Waals surface area contributed by atoms with Gasteiger partial charge in [-0.3, -0.25) is 4.68 Å². The lowest BCUT2D eigenvalue weighted by atomic mass is 10.2. The monoisotopic (exact) mass is 300 g/mol. The second kappa shape index (κ2) is 5.88. The molecule has 7 nitrogen and oxygen atoms in total. The maximum atomic E-state index is 5.36. The predicted octanol–water partition coefficient (Wildman–Crippen LogP) is 2.56. The summed E-state index contributed by atoms with van der Waals surface area (Å²) in [6, 6.07) is 7.15. The van der Waals surface area contributed by atoms with Crippen molar-refractivity contribution < 1.29 is 14.0 Å². The second-order valence-electron chi connectivity index (χ2n) is 4.68. The summed E-state index contributed by atoms with van der Waals surface area (Å²) in [6.07, 6.45) is 3.56. The fourth-order valence-corrected chi connectivity index (χ4v) is 2.12. The minimum absolute atomic E-state index is 0.138. The molecule has 0 bridgehead atoms. The average molecular weight is 300 g/mol. The van der Waals surface area contributed by atoms with Gasteiger partial charge in [-0.05, 0) is 25.1 Å². The number of methoxy groups -OCH3 is 2. The topological polar surface area (TPSA) is 75.2 Å². The van der Waals surface area contributed by atoms with Crippen molar-refractivity contribution in [1.29, 1.82) is 0 Å². The van der Waals surface area contributed by atoms with E-state index in [9.17, 15) is 0 Å². The lowest BCUT2D eigenvalue weighted by molar-refractivity contribution is 0.336. The number of ether oxygens (including phenoxy) is 2. The molecular weight excluding hydrogens is 284 g/mol. The van der Waals surface area contributed by atoms with E-state index in [1.54, 1.807) is 31.2 Å². The Morgan fingerprint density at radius 1 is 1.23 bits per heavy atom. The van der Waals surface area contributed by atoms with Gasteiger partial charge in [-0.1, -0.05) is 5.16 Å². The SMILES string of the molecule is COc1ccc(-c2noc(C(C)n3cccn3)n2)c(OC)c1. The molecule has 0 spiro atoms. The van der Waals surface area contributed by atoms with Crippen molar-refractivity contribution in [1.82, 2.24) is 19.9 Å². The molecule has 3 aromatic rings. The standard InChI is InChI=1S/C15H16N4O3/c1-10(19-8-4-7-16-19)15-17-14(18-22-15)12-6-5-11(20-2)9-13(12)21-3/h4-10H,1-3H3. The van der Waals surface area contributed by atoms with Crippen LogP contribution >= 0.6 is 0 Å². The highest BCUT2D eigenvalue weighted by Crippen LogP contribution is 2.32. The van der Waals surface area contributed by atoms with E-state index in [1.165, 1.54) is 0 Å². The third-order valence-corrected chi connectivity index (χ3v) is 3.37. The van der Waals surface area contributed by atoms with Crippen LogP contribution in [0.5, 0.6) is 11.5 Å². The molecule has 0 N–H and O–H groups in total. The van der Waals surface area contributed by atoms with Crippen LogP contribution in [0.25, 0.3) is 11.4 Å². The highest BCUT2D eigenvalue weighted by atomic mass is 16.5. The molecule has 0 saturated heterocycles. The summed E-state index contributed by atoms with van der Waals surface area (Å²) >= 11 is 0. The van der Waals surface area contributed by atoms with Crippen LogP contribution in [0.15, 0.2) is 41.2 Å². The smallest absolute Gasteiger partial charge is 0.251 e. The first-order valence-corrected chi connectivity index (χ1v) is 6.78. The van der Waals surface area contributed by atoms with Crippen molar-refractivity contribution in [3.05, 3.63) is 42.5 Å². The van der Waals surface area contributed by atoms with Gasteiger partial charge in [-0.25, -0.2) is 0 Å². The summed E-state index contributed by atoms with van der Waals surface area (Å²) in [5, 5.41) is 8.21. The Bertz CT molecular complexity index is 752. The van der Waals surface area contributed by atoms with Crippen LogP contribution in [-0.4, -0.2) is 34.1 Å². The van der Waals surface area contributed by atoms with E-state index in [-0.39, 0.29) is 6.04 Å². The van der Waals surface area contributed by atoms with Crippen LogP contribution < -0.4 is 9.47 Å². The molecule has 0 aliphatic carbocycles. The number of rotatable bonds is 5. The average Bonchev–Trinajstić information content (AvgIpc) is 3.25. The van der Waals surface area contributed by atoms with Crippen LogP contribution in [0.2, 0.25) is 0 Å². The second-order valence-corrected chi connectivity index (χ2v) is 4.68. The molecule has 0 fully saturated rings. The summed E-state index contributed by atoms with van der Waals surface area (Å²) < 4.78 is 17.7. The maximum absolute atomic E-state index is 5.36. The Kier molecular flexibility index (Phi) is 3.78. The fourth-order valence-electron chi connectivity index (χ4n) is 2.12. The summed E-state index contributed by atoms with van der Waals surface area (Å²) in [7, 11) is 3.19. The molecule has 1 aromatic carbocycles. The molecule has 0 aliphatic rings. The van der Waals surface area contributed by atoms with Crippen LogP contribution in [0, 0.1) is 0 Å². The lowest BCUT2D eigenvalue weighted by Crippen LogP contribution is -2.07. The van der Waals surface area contributed by atoms with Crippen molar-refractivity contribution in [2.45, 2.75) is 13.0 Å². The molecule has 0 radical (unpaired) electrons. The zero-order valence-corrected chi connectivity index (χ0v) is 12.6. The summed E-state index contributed by atoms with van der Waals surface area (Å²) in [6.45, 7) is 1.94. The molecular formula is C15H16N4O3. The van der Waals surface area contributed by atoms with Gasteiger partial charge in [0.25, 0.3) is 5.89 Å². The van der Waals surface area contributed by atoms with Gasteiger partial charge in [0, 0.05) is 18.5 Å². The quantitative estimate of drug-likeness (QED) is 0.721. The van der Waals surface area contributed by atoms with Crippen molar-refractivity contribution in [2.75, 3.05) is 14.2 Å². The first-order valence-electron chi connectivity index (χ1n) is 6.78. The Hall–Kier alpha value is -2.83. The van der Waals surface area contributed by atoms with Crippen LogP contribution in [0.1, 0.15) is 18.9 Å². The molecule has 22 heavy (non-hydrogen) atoms. The van der Waals surface area contributed by atoms with Gasteiger partial charge in [0.2, 0.25) is 5.82 Å². The number of hydrogen-bond donors (Lipinski definition) is 0. The molecule has 0 aliphatic heterocycles. The number of hydrogen-bond acceptors (Lipinski definition) is 6. The van der Waals surface area contributed by atoms with Crippen molar-refractivity contribution >= 4 is 0 Å². The van der Waals surface area contributed by atoms with Crippen LogP contribution in [-0.2, 0) is 0 Å². The first kappa shape index (κ1) is 14.1. The van der Waals surface area contributed by atoms with E-state index in [0.717, 1.165) is 5.56 Å². The van der Waals surface area contributed by atoms with Gasteiger partial charge in [-0.15, -0.1) is 0 Å². The highest BCUT2D eigenvalue weighted by molar-refractivity contribution is 5.65. The predicted molar refractivity (Wildman–Crippen MR) is 78.9 cm³/mol. The van der Waals surface area contributed by atoms with Crippen molar-refractivity contribution in [2.24, 2.45) is 0 Å². The van der Waals surface area contributed by atoms with Crippen LogP contribution in [0.4, 0.5) is 0 Å². The maximum Gasteiger partial charge on any atom is 0.251 e. The number of benzene rings is 1. The fraction of sp³-hybridized carbons (Fsp3) is 0.267. The first-order chi connectivity index (χ1) is 10.7. The molecule has 2 aromatic heterocycles. The van der Waals surface area contributed by atoms with Crippen LogP contribution in [0.3, 0.4) is 0 Å². The lowest BCUT2D eigenvalue weighted by Gasteiger charge is -2.07. The zero-order chi connectivity index (χ0) is 15.5. The molecule has 114 valence electrons. The Labute approximate surface area is 127 Å². The molecule has 0 amide bonds. The highest BCUT2D eigenvalue weighted by Gasteiger charge is 2.19. The molecule has 0 saturated carbocycles. The summed E-state index contributed by atoms with van der Waals surface area (Å²) in [4.78, 5) is 4.44. The third-order valence-electron chi connectivity index (χ3n) is 3.37. The van der Waals surface area contributed by atoms with Gasteiger partial charge >= 0.3 is 0 Å². The van der Waals surface area contributed by atoms with E-state index in [2.05, 4.69) is 15.2 Å². The van der Waals surface area contributed by atoms with Gasteiger partial charge in [-0.2, -0.15) is 10.1 Å². The largest absolute Gasteiger partial charge is 0.497 e. The minimum Gasteiger partial charge on any atom is -0.497 e. The molecule has 1 unspecified atom stereocenters. The normalized spacial score (nSPS) is 12.1. The van der Waals surface area contributed by atoms with Gasteiger partial charge in [0.1, 0.15) is 17.5 Å². The van der Waals surface area contributed by atoms with E-state index in [4.69, 9.17) is 14.0 Å². The Balaban J connectivity index is 1.94. The molecule has 3 rings (SSSR count). The van der Waals surface area contributed by atoms with Crippen molar-refractivity contribution in [3.8, 4) is 22.9 Å². The van der Waals surface area contributed by atoms with E-state index in [0.29, 0.717) is 23.2 Å². The molecule has 1 atom stereocenters. The van der Waals surface area contributed by atoms with E-state index >= 15 is 0 Å². The third kappa shape index (κ3) is 2.52. The summed E-state index contributed by atoms with van der Waals surface area (Å²) in [5.74, 6) is 2.28. The number of nitrogens with zero attached hydrogens (tertiary/aromatic N) is 4.